The Hall–Kier alpha value is -1.33. The largest absolute Gasteiger partial charge is 0.465 e. The van der Waals surface area contributed by atoms with Crippen LogP contribution in [-0.2, 0) is 4.74 Å². The first kappa shape index (κ1) is 11.7. The molecule has 0 atom stereocenters. The highest BCUT2D eigenvalue weighted by Gasteiger charge is 2.09. The molecule has 0 unspecified atom stereocenters. The van der Waals surface area contributed by atoms with Gasteiger partial charge in [-0.1, -0.05) is 0 Å². The van der Waals surface area contributed by atoms with Gasteiger partial charge in [-0.25, -0.2) is 4.79 Å². The number of aldehydes is 1. The van der Waals surface area contributed by atoms with Crippen LogP contribution >= 0.6 is 11.9 Å². The zero-order chi connectivity index (χ0) is 11.3. The molecule has 1 N–H and O–H groups in total. The SMILES string of the molecule is CNSc1cc(C(=O)OC)ccc1C=O. The van der Waals surface area contributed by atoms with E-state index >= 15 is 0 Å². The number of benzene rings is 1. The van der Waals surface area contributed by atoms with Gasteiger partial charge in [-0.05, 0) is 37.2 Å². The Morgan fingerprint density at radius 1 is 1.53 bits per heavy atom. The standard InChI is InChI=1S/C10H11NO3S/c1-11-15-9-5-7(10(13)14-2)3-4-8(9)6-12/h3-6,11H,1-2H3. The highest BCUT2D eigenvalue weighted by atomic mass is 32.2. The van der Waals surface area contributed by atoms with Gasteiger partial charge in [-0.2, -0.15) is 0 Å². The Labute approximate surface area is 92.1 Å². The van der Waals surface area contributed by atoms with E-state index in [1.807, 2.05) is 0 Å². The van der Waals surface area contributed by atoms with Gasteiger partial charge in [0, 0.05) is 10.5 Å². The zero-order valence-corrected chi connectivity index (χ0v) is 9.26. The summed E-state index contributed by atoms with van der Waals surface area (Å²) < 4.78 is 7.43. The molecule has 1 rings (SSSR count). The molecule has 0 aliphatic rings. The molecule has 1 aromatic carbocycles. The molecule has 0 bridgehead atoms. The van der Waals surface area contributed by atoms with Crippen molar-refractivity contribution < 1.29 is 14.3 Å². The van der Waals surface area contributed by atoms with Crippen molar-refractivity contribution in [3.8, 4) is 0 Å². The summed E-state index contributed by atoms with van der Waals surface area (Å²) >= 11 is 1.28. The average Bonchev–Trinajstić information content (AvgIpc) is 2.28. The van der Waals surface area contributed by atoms with Crippen molar-refractivity contribution in [1.29, 1.82) is 0 Å². The van der Waals surface area contributed by atoms with Crippen LogP contribution in [0.1, 0.15) is 20.7 Å². The third-order valence-corrected chi connectivity index (χ3v) is 2.55. The van der Waals surface area contributed by atoms with Gasteiger partial charge in [0.15, 0.2) is 6.29 Å². The Morgan fingerprint density at radius 3 is 2.80 bits per heavy atom. The van der Waals surface area contributed by atoms with E-state index in [9.17, 15) is 9.59 Å². The van der Waals surface area contributed by atoms with E-state index in [-0.39, 0.29) is 0 Å². The lowest BCUT2D eigenvalue weighted by Crippen LogP contribution is -2.03. The maximum atomic E-state index is 11.2. The smallest absolute Gasteiger partial charge is 0.337 e. The monoisotopic (exact) mass is 225 g/mol. The van der Waals surface area contributed by atoms with Gasteiger partial charge in [0.05, 0.1) is 12.7 Å². The average molecular weight is 225 g/mol. The highest BCUT2D eigenvalue weighted by Crippen LogP contribution is 2.20. The topological polar surface area (TPSA) is 55.4 Å². The molecular weight excluding hydrogens is 214 g/mol. The van der Waals surface area contributed by atoms with E-state index < -0.39 is 5.97 Å². The van der Waals surface area contributed by atoms with Crippen LogP contribution in [0.25, 0.3) is 0 Å². The third-order valence-electron chi connectivity index (χ3n) is 1.77. The molecule has 0 aliphatic heterocycles. The summed E-state index contributed by atoms with van der Waals surface area (Å²) in [6, 6.07) is 4.78. The van der Waals surface area contributed by atoms with E-state index in [4.69, 9.17) is 0 Å². The Bertz CT molecular complexity index is 379. The minimum absolute atomic E-state index is 0.412. The lowest BCUT2D eigenvalue weighted by Gasteiger charge is -2.05. The summed E-state index contributed by atoms with van der Waals surface area (Å²) in [5.74, 6) is -0.412. The Morgan fingerprint density at radius 2 is 2.27 bits per heavy atom. The predicted molar refractivity (Wildman–Crippen MR) is 58.1 cm³/mol. The molecule has 80 valence electrons. The van der Waals surface area contributed by atoms with Crippen molar-refractivity contribution >= 4 is 24.2 Å². The van der Waals surface area contributed by atoms with Gasteiger partial charge in [0.25, 0.3) is 0 Å². The molecule has 0 amide bonds. The van der Waals surface area contributed by atoms with Crippen LogP contribution < -0.4 is 4.72 Å². The number of hydrogen-bond acceptors (Lipinski definition) is 5. The predicted octanol–water partition coefficient (Wildman–Crippen LogP) is 1.51. The number of methoxy groups -OCH3 is 1. The maximum Gasteiger partial charge on any atom is 0.337 e. The van der Waals surface area contributed by atoms with Crippen molar-refractivity contribution in [3.05, 3.63) is 29.3 Å². The van der Waals surface area contributed by atoms with Crippen LogP contribution in [-0.4, -0.2) is 26.4 Å². The first-order valence-electron chi connectivity index (χ1n) is 4.24. The van der Waals surface area contributed by atoms with Crippen LogP contribution in [0.5, 0.6) is 0 Å². The molecule has 0 fully saturated rings. The minimum Gasteiger partial charge on any atom is -0.465 e. The van der Waals surface area contributed by atoms with Crippen molar-refractivity contribution in [2.45, 2.75) is 4.90 Å². The molecule has 0 heterocycles. The van der Waals surface area contributed by atoms with E-state index in [2.05, 4.69) is 9.46 Å². The number of carbonyl (C=O) groups excluding carboxylic acids is 2. The van der Waals surface area contributed by atoms with Crippen molar-refractivity contribution in [1.82, 2.24) is 4.72 Å². The number of rotatable bonds is 4. The second-order valence-electron chi connectivity index (χ2n) is 2.67. The highest BCUT2D eigenvalue weighted by molar-refractivity contribution is 7.97. The molecule has 0 spiro atoms. The van der Waals surface area contributed by atoms with Gasteiger partial charge >= 0.3 is 5.97 Å². The van der Waals surface area contributed by atoms with Gasteiger partial charge < -0.3 is 4.74 Å². The van der Waals surface area contributed by atoms with Crippen molar-refractivity contribution in [3.63, 3.8) is 0 Å². The molecule has 0 saturated carbocycles. The molecule has 0 radical (unpaired) electrons. The van der Waals surface area contributed by atoms with Crippen LogP contribution in [0.2, 0.25) is 0 Å². The van der Waals surface area contributed by atoms with Crippen molar-refractivity contribution in [2.24, 2.45) is 0 Å². The summed E-state index contributed by atoms with van der Waals surface area (Å²) in [5, 5.41) is 0. The van der Waals surface area contributed by atoms with Gasteiger partial charge in [0.1, 0.15) is 0 Å². The van der Waals surface area contributed by atoms with Gasteiger partial charge in [0.2, 0.25) is 0 Å². The first-order chi connectivity index (χ1) is 7.22. The normalized spacial score (nSPS) is 9.73. The summed E-state index contributed by atoms with van der Waals surface area (Å²) in [4.78, 5) is 22.6. The van der Waals surface area contributed by atoms with E-state index in [1.165, 1.54) is 19.1 Å². The second-order valence-corrected chi connectivity index (χ2v) is 3.72. The number of carbonyl (C=O) groups is 2. The molecule has 15 heavy (non-hydrogen) atoms. The van der Waals surface area contributed by atoms with Crippen LogP contribution in [0.3, 0.4) is 0 Å². The molecule has 0 aromatic heterocycles. The summed E-state index contributed by atoms with van der Waals surface area (Å²) in [7, 11) is 3.06. The van der Waals surface area contributed by atoms with Crippen molar-refractivity contribution in [2.75, 3.05) is 14.2 Å². The summed E-state index contributed by atoms with van der Waals surface area (Å²) in [6.07, 6.45) is 0.751. The fourth-order valence-corrected chi connectivity index (χ4v) is 1.71. The first-order valence-corrected chi connectivity index (χ1v) is 5.05. The maximum absolute atomic E-state index is 11.2. The number of nitrogens with one attached hydrogen (secondary N) is 1. The van der Waals surface area contributed by atoms with Crippen LogP contribution in [0, 0.1) is 0 Å². The van der Waals surface area contributed by atoms with E-state index in [0.717, 1.165) is 6.29 Å². The zero-order valence-electron chi connectivity index (χ0n) is 8.44. The molecule has 1 aromatic rings. The molecule has 0 saturated heterocycles. The summed E-state index contributed by atoms with van der Waals surface area (Å²) in [5.41, 5.74) is 0.975. The van der Waals surface area contributed by atoms with Crippen LogP contribution in [0.4, 0.5) is 0 Å². The lowest BCUT2D eigenvalue weighted by atomic mass is 10.1. The third kappa shape index (κ3) is 2.81. The molecular formula is C10H11NO3S. The van der Waals surface area contributed by atoms with Gasteiger partial charge in [-0.3, -0.25) is 9.52 Å². The number of hydrogen-bond donors (Lipinski definition) is 1. The molecule has 0 aliphatic carbocycles. The second kappa shape index (κ2) is 5.53. The lowest BCUT2D eigenvalue weighted by molar-refractivity contribution is 0.0600. The van der Waals surface area contributed by atoms with Gasteiger partial charge in [-0.15, -0.1) is 0 Å². The number of ether oxygens (including phenoxy) is 1. The van der Waals surface area contributed by atoms with Crippen LogP contribution in [0.15, 0.2) is 23.1 Å². The quantitative estimate of drug-likeness (QED) is 0.478. The van der Waals surface area contributed by atoms with E-state index in [1.54, 1.807) is 25.2 Å². The van der Waals surface area contributed by atoms with E-state index in [0.29, 0.717) is 16.0 Å². The molecule has 4 nitrogen and oxygen atoms in total. The number of esters is 1. The fraction of sp³-hybridized carbons (Fsp3) is 0.200. The molecule has 5 heteroatoms. The Kier molecular flexibility index (Phi) is 4.33. The minimum atomic E-state index is -0.412. The Balaban J connectivity index is 3.09. The fourth-order valence-electron chi connectivity index (χ4n) is 1.07. The summed E-state index contributed by atoms with van der Waals surface area (Å²) in [6.45, 7) is 0.